The summed E-state index contributed by atoms with van der Waals surface area (Å²) in [4.78, 5) is 40.8. The Hall–Kier alpha value is -3.48. The number of hydrogen-bond donors (Lipinski definition) is 3. The smallest absolute Gasteiger partial charge is 0.224 e. The molecule has 3 N–H and O–H groups in total. The third-order valence-electron chi connectivity index (χ3n) is 6.09. The first-order valence-electron chi connectivity index (χ1n) is 11.5. The average Bonchev–Trinajstić information content (AvgIpc) is 3.39. The quantitative estimate of drug-likeness (QED) is 0.441. The van der Waals surface area contributed by atoms with E-state index in [2.05, 4.69) is 15.6 Å². The molecule has 1 aromatic heterocycles. The highest BCUT2D eigenvalue weighted by molar-refractivity contribution is 6.02. The summed E-state index contributed by atoms with van der Waals surface area (Å²) in [6.07, 6.45) is 0.929. The highest BCUT2D eigenvalue weighted by atomic mass is 19.1. The molecule has 8 nitrogen and oxygen atoms in total. The highest BCUT2D eigenvalue weighted by Gasteiger charge is 2.32. The van der Waals surface area contributed by atoms with E-state index >= 15 is 0 Å². The summed E-state index contributed by atoms with van der Waals surface area (Å²) in [6, 6.07) is 3.15. The van der Waals surface area contributed by atoms with Crippen LogP contribution in [-0.2, 0) is 9.59 Å². The lowest BCUT2D eigenvalue weighted by atomic mass is 9.81. The van der Waals surface area contributed by atoms with Crippen molar-refractivity contribution in [3.8, 4) is 11.8 Å². The fraction of sp³-hybridized carbons (Fsp3) is 0.538. The molecule has 1 aromatic carbocycles. The van der Waals surface area contributed by atoms with E-state index in [4.69, 9.17) is 4.74 Å². The summed E-state index contributed by atoms with van der Waals surface area (Å²) >= 11 is 0. The fourth-order valence-electron chi connectivity index (χ4n) is 4.48. The second kappa shape index (κ2) is 11.5. The summed E-state index contributed by atoms with van der Waals surface area (Å²) in [5.74, 6) is -4.13. The van der Waals surface area contributed by atoms with Gasteiger partial charge in [0, 0.05) is 36.3 Å². The van der Waals surface area contributed by atoms with Gasteiger partial charge in [-0.05, 0) is 30.7 Å². The molecular weight excluding hydrogens is 470 g/mol. The van der Waals surface area contributed by atoms with Crippen LogP contribution in [0, 0.1) is 40.2 Å². The minimum Gasteiger partial charge on any atom is -0.493 e. The summed E-state index contributed by atoms with van der Waals surface area (Å²) in [6.45, 7) is 6.31. The van der Waals surface area contributed by atoms with Crippen molar-refractivity contribution in [2.75, 3.05) is 13.7 Å². The molecule has 0 bridgehead atoms. The van der Waals surface area contributed by atoms with Crippen LogP contribution in [-0.4, -0.2) is 42.3 Å². The second-order valence-electron chi connectivity index (χ2n) is 10.1. The van der Waals surface area contributed by atoms with Gasteiger partial charge in [0.1, 0.15) is 11.9 Å². The van der Waals surface area contributed by atoms with Crippen molar-refractivity contribution in [3.63, 3.8) is 0 Å². The first-order chi connectivity index (χ1) is 16.4. The highest BCUT2D eigenvalue weighted by Crippen LogP contribution is 2.33. The first kappa shape index (κ1) is 28.8. The number of nitrogens with one attached hydrogen (secondary N) is 3. The number of benzene rings is 1. The Morgan fingerprint density at radius 3 is 2.53 bits per heavy atom. The van der Waals surface area contributed by atoms with Crippen LogP contribution in [0.3, 0.4) is 0 Å². The molecule has 2 aromatic rings. The molecule has 0 unspecified atom stereocenters. The van der Waals surface area contributed by atoms with E-state index in [0.717, 1.165) is 0 Å². The van der Waals surface area contributed by atoms with E-state index in [9.17, 15) is 28.4 Å². The molecular formula is C26H34F2N4O4. The number of methoxy groups -OCH3 is 1. The van der Waals surface area contributed by atoms with Crippen LogP contribution >= 0.6 is 0 Å². The van der Waals surface area contributed by atoms with Crippen molar-refractivity contribution in [1.82, 2.24) is 15.6 Å². The van der Waals surface area contributed by atoms with Crippen molar-refractivity contribution >= 4 is 28.5 Å². The number of Topliss-reactive ketones (excluding diaryl/α,β-unsaturated/α-hetero) is 1. The molecule has 1 saturated heterocycles. The molecule has 1 fully saturated rings. The number of nitrogens with zero attached hydrogens (tertiary/aromatic N) is 1. The maximum absolute atomic E-state index is 14.3. The van der Waals surface area contributed by atoms with Crippen LogP contribution in [0.1, 0.15) is 64.4 Å². The van der Waals surface area contributed by atoms with Crippen molar-refractivity contribution in [3.05, 3.63) is 29.5 Å². The lowest BCUT2D eigenvalue weighted by molar-refractivity contribution is -0.127. The van der Waals surface area contributed by atoms with Crippen molar-refractivity contribution in [2.24, 2.45) is 17.3 Å². The van der Waals surface area contributed by atoms with Crippen LogP contribution in [0.4, 0.5) is 8.78 Å². The minimum atomic E-state index is -0.890. The normalized spacial score (nSPS) is 17.0. The summed E-state index contributed by atoms with van der Waals surface area (Å²) in [5.41, 5.74) is -0.355. The number of ketones is 1. The largest absolute Gasteiger partial charge is 0.493 e. The van der Waals surface area contributed by atoms with Gasteiger partial charge in [-0.2, -0.15) is 5.26 Å². The van der Waals surface area contributed by atoms with Crippen LogP contribution < -0.4 is 15.4 Å². The standard InChI is InChI=1S/C25H30F2N4O4.CH4/c1-25(2,3)11-14(24(34)30-15(12-28)7-13-5-6-29-23(13)33)8-20(32)19-9-16-21(31-19)17(26)10-18(27)22(16)35-4;/h9-10,13-15,31H,5-8,11H2,1-4H3,(H,29,33)(H,30,34);1H4/t13-,14-,15-;/m0./s1. The van der Waals surface area contributed by atoms with Crippen LogP contribution in [0.15, 0.2) is 12.1 Å². The second-order valence-corrected chi connectivity index (χ2v) is 10.1. The maximum Gasteiger partial charge on any atom is 0.224 e. The number of fused-ring (bicyclic) bond motifs is 1. The Bertz CT molecular complexity index is 1180. The Morgan fingerprint density at radius 2 is 1.97 bits per heavy atom. The lowest BCUT2D eigenvalue weighted by Crippen LogP contribution is -2.41. The number of rotatable bonds is 9. The van der Waals surface area contributed by atoms with E-state index < -0.39 is 35.3 Å². The van der Waals surface area contributed by atoms with Crippen LogP contribution in [0.5, 0.6) is 5.75 Å². The number of aromatic amines is 1. The van der Waals surface area contributed by atoms with E-state index in [-0.39, 0.29) is 59.9 Å². The third kappa shape index (κ3) is 6.59. The molecule has 3 atom stereocenters. The monoisotopic (exact) mass is 504 g/mol. The Labute approximate surface area is 209 Å². The van der Waals surface area contributed by atoms with E-state index in [0.29, 0.717) is 25.5 Å². The average molecular weight is 505 g/mol. The summed E-state index contributed by atoms with van der Waals surface area (Å²) in [7, 11) is 1.24. The Balaban J connectivity index is 0.00000456. The first-order valence-corrected chi connectivity index (χ1v) is 11.5. The van der Waals surface area contributed by atoms with Gasteiger partial charge in [0.15, 0.2) is 17.3 Å². The molecule has 2 heterocycles. The van der Waals surface area contributed by atoms with Gasteiger partial charge < -0.3 is 20.4 Å². The molecule has 3 rings (SSSR count). The topological polar surface area (TPSA) is 124 Å². The number of carbonyl (C=O) groups excluding carboxylic acids is 3. The number of aromatic nitrogens is 1. The van der Waals surface area contributed by atoms with E-state index in [1.165, 1.54) is 13.2 Å². The number of ether oxygens (including phenoxy) is 1. The predicted molar refractivity (Wildman–Crippen MR) is 131 cm³/mol. The van der Waals surface area contributed by atoms with Gasteiger partial charge in [-0.1, -0.05) is 28.2 Å². The SMILES string of the molecule is C.COc1c(F)cc(F)c2[nH]c(C(=O)C[C@@H](CC(C)(C)C)C(=O)N[C@H](C#N)C[C@@H]3CCNC3=O)cc12. The zero-order valence-electron chi connectivity index (χ0n) is 20.3. The van der Waals surface area contributed by atoms with Gasteiger partial charge in [-0.15, -0.1) is 0 Å². The molecule has 10 heteroatoms. The molecule has 0 spiro atoms. The maximum atomic E-state index is 14.3. The fourth-order valence-corrected chi connectivity index (χ4v) is 4.48. The number of amides is 2. The third-order valence-corrected chi connectivity index (χ3v) is 6.09. The van der Waals surface area contributed by atoms with Crippen molar-refractivity contribution < 1.29 is 27.9 Å². The summed E-state index contributed by atoms with van der Waals surface area (Å²) in [5, 5.41) is 15.0. The molecule has 0 radical (unpaired) electrons. The zero-order valence-corrected chi connectivity index (χ0v) is 20.3. The zero-order chi connectivity index (χ0) is 25.9. The molecule has 0 saturated carbocycles. The van der Waals surface area contributed by atoms with E-state index in [1.807, 2.05) is 26.8 Å². The van der Waals surface area contributed by atoms with Gasteiger partial charge in [0.2, 0.25) is 11.8 Å². The molecule has 36 heavy (non-hydrogen) atoms. The van der Waals surface area contributed by atoms with Crippen LogP contribution in [0.2, 0.25) is 0 Å². The predicted octanol–water partition coefficient (Wildman–Crippen LogP) is 4.25. The van der Waals surface area contributed by atoms with Crippen molar-refractivity contribution in [2.45, 2.75) is 59.9 Å². The van der Waals surface area contributed by atoms with Gasteiger partial charge >= 0.3 is 0 Å². The number of halogens is 2. The molecule has 1 aliphatic rings. The molecule has 0 aliphatic carbocycles. The lowest BCUT2D eigenvalue weighted by Gasteiger charge is -2.26. The van der Waals surface area contributed by atoms with E-state index in [1.54, 1.807) is 0 Å². The Morgan fingerprint density at radius 1 is 1.28 bits per heavy atom. The van der Waals surface area contributed by atoms with Gasteiger partial charge in [0.05, 0.1) is 24.4 Å². The molecule has 1 aliphatic heterocycles. The van der Waals surface area contributed by atoms with Gasteiger partial charge in [-0.3, -0.25) is 14.4 Å². The minimum absolute atomic E-state index is 0. The Kier molecular flexibility index (Phi) is 9.19. The number of carbonyl (C=O) groups is 3. The molecule has 2 amide bonds. The van der Waals surface area contributed by atoms with Crippen LogP contribution in [0.25, 0.3) is 10.9 Å². The summed E-state index contributed by atoms with van der Waals surface area (Å²) < 4.78 is 33.3. The van der Waals surface area contributed by atoms with Gasteiger partial charge in [0.25, 0.3) is 0 Å². The van der Waals surface area contributed by atoms with Gasteiger partial charge in [-0.25, -0.2) is 8.78 Å². The van der Waals surface area contributed by atoms with Crippen molar-refractivity contribution in [1.29, 1.82) is 5.26 Å². The number of H-pyrrole nitrogens is 1. The number of nitriles is 1. The number of hydrogen-bond acceptors (Lipinski definition) is 5. The molecule has 196 valence electrons.